The van der Waals surface area contributed by atoms with Gasteiger partial charge in [0.1, 0.15) is 29.8 Å². The third kappa shape index (κ3) is 5.42. The number of halogens is 3. The van der Waals surface area contributed by atoms with Crippen molar-refractivity contribution in [1.29, 1.82) is 0 Å². The highest BCUT2D eigenvalue weighted by molar-refractivity contribution is 5.90. The number of aliphatic hydroxyl groups is 1. The summed E-state index contributed by atoms with van der Waals surface area (Å²) in [5, 5.41) is 12.8. The number of aliphatic hydroxyl groups excluding tert-OH is 1. The molecule has 2 N–H and O–H groups in total. The number of benzene rings is 1. The molecule has 0 bridgehead atoms. The van der Waals surface area contributed by atoms with Crippen molar-refractivity contribution in [2.45, 2.75) is 45.7 Å². The average molecular weight is 519 g/mol. The molecule has 37 heavy (non-hydrogen) atoms. The molecule has 1 aromatic carbocycles. The SMILES string of the molecule is COc1nc2nc(C)nc(N[C@H](C)c3cccc(C(F)(F)CO)c3F)c2cc1N1CCN(C(C)C)CC1. The van der Waals surface area contributed by atoms with Gasteiger partial charge in [-0.2, -0.15) is 13.8 Å². The van der Waals surface area contributed by atoms with Gasteiger partial charge in [0, 0.05) is 37.8 Å². The Morgan fingerprint density at radius 1 is 1.11 bits per heavy atom. The summed E-state index contributed by atoms with van der Waals surface area (Å²) in [5.74, 6) is -3.46. The van der Waals surface area contributed by atoms with E-state index in [1.54, 1.807) is 21.0 Å². The molecule has 11 heteroatoms. The lowest BCUT2D eigenvalue weighted by atomic mass is 10.00. The Morgan fingerprint density at radius 3 is 2.43 bits per heavy atom. The van der Waals surface area contributed by atoms with Gasteiger partial charge in [-0.3, -0.25) is 4.90 Å². The predicted octanol–water partition coefficient (Wildman–Crippen LogP) is 4.27. The fourth-order valence-corrected chi connectivity index (χ4v) is 4.64. The Kier molecular flexibility index (Phi) is 7.75. The number of methoxy groups -OCH3 is 1. The summed E-state index contributed by atoms with van der Waals surface area (Å²) in [4.78, 5) is 18.2. The molecule has 0 amide bonds. The number of ether oxygens (including phenoxy) is 1. The summed E-state index contributed by atoms with van der Waals surface area (Å²) >= 11 is 0. The first-order valence-electron chi connectivity index (χ1n) is 12.3. The number of alkyl halides is 2. The molecule has 1 atom stereocenters. The quantitative estimate of drug-likeness (QED) is 0.457. The predicted molar refractivity (Wildman–Crippen MR) is 137 cm³/mol. The van der Waals surface area contributed by atoms with E-state index in [-0.39, 0.29) is 5.56 Å². The van der Waals surface area contributed by atoms with Crippen LogP contribution in [-0.2, 0) is 5.92 Å². The number of aryl methyl sites for hydroxylation is 1. The van der Waals surface area contributed by atoms with Crippen LogP contribution in [0.1, 0.15) is 43.8 Å². The van der Waals surface area contributed by atoms with E-state index >= 15 is 4.39 Å². The molecule has 1 aliphatic rings. The smallest absolute Gasteiger partial charge is 0.298 e. The van der Waals surface area contributed by atoms with Gasteiger partial charge in [0.15, 0.2) is 5.65 Å². The molecule has 0 unspecified atom stereocenters. The van der Waals surface area contributed by atoms with Crippen molar-refractivity contribution in [3.63, 3.8) is 0 Å². The maximum absolute atomic E-state index is 15.1. The van der Waals surface area contributed by atoms with Crippen molar-refractivity contribution in [3.8, 4) is 5.88 Å². The van der Waals surface area contributed by atoms with E-state index < -0.39 is 30.0 Å². The highest BCUT2D eigenvalue weighted by Crippen LogP contribution is 2.36. The van der Waals surface area contributed by atoms with E-state index in [2.05, 4.69) is 43.9 Å². The summed E-state index contributed by atoms with van der Waals surface area (Å²) in [5.41, 5.74) is 0.391. The number of hydrogen-bond donors (Lipinski definition) is 2. The Hall–Kier alpha value is -3.18. The van der Waals surface area contributed by atoms with E-state index in [1.807, 2.05) is 6.07 Å². The molecule has 8 nitrogen and oxygen atoms in total. The van der Waals surface area contributed by atoms with E-state index in [1.165, 1.54) is 12.1 Å². The Morgan fingerprint density at radius 2 is 1.81 bits per heavy atom. The minimum Gasteiger partial charge on any atom is -0.479 e. The van der Waals surface area contributed by atoms with Gasteiger partial charge < -0.3 is 20.1 Å². The number of aromatic nitrogens is 3. The molecule has 1 aliphatic heterocycles. The van der Waals surface area contributed by atoms with Gasteiger partial charge in [0.05, 0.1) is 24.1 Å². The van der Waals surface area contributed by atoms with Crippen molar-refractivity contribution >= 4 is 22.5 Å². The molecular weight excluding hydrogens is 485 g/mol. The van der Waals surface area contributed by atoms with Crippen LogP contribution in [0.25, 0.3) is 11.0 Å². The van der Waals surface area contributed by atoms with Crippen LogP contribution in [0.2, 0.25) is 0 Å². The van der Waals surface area contributed by atoms with Crippen molar-refractivity contribution < 1.29 is 23.0 Å². The maximum Gasteiger partial charge on any atom is 0.298 e. The first kappa shape index (κ1) is 26.9. The lowest BCUT2D eigenvalue weighted by Crippen LogP contribution is -2.49. The van der Waals surface area contributed by atoms with E-state index in [0.717, 1.165) is 37.9 Å². The van der Waals surface area contributed by atoms with E-state index in [4.69, 9.17) is 9.84 Å². The number of piperazine rings is 1. The summed E-state index contributed by atoms with van der Waals surface area (Å²) in [7, 11) is 1.56. The number of rotatable bonds is 8. The van der Waals surface area contributed by atoms with Crippen molar-refractivity contribution in [1.82, 2.24) is 19.9 Å². The van der Waals surface area contributed by atoms with Crippen molar-refractivity contribution in [2.75, 3.05) is 50.1 Å². The number of nitrogens with one attached hydrogen (secondary N) is 1. The summed E-state index contributed by atoms with van der Waals surface area (Å²) in [6.07, 6.45) is 0. The zero-order chi connectivity index (χ0) is 26.9. The normalized spacial score (nSPS) is 15.9. The standard InChI is InChI=1S/C26H33F3N6O2/c1-15(2)34-9-11-35(12-10-34)21-13-19-23(31-17(4)32-24(19)33-25(21)37-5)30-16(3)18-7-6-8-20(22(18)27)26(28,29)14-36/h6-8,13,15-16,36H,9-12,14H2,1-5H3,(H,30,31,32,33)/t16-/m1/s1. The fourth-order valence-electron chi connectivity index (χ4n) is 4.64. The number of fused-ring (bicyclic) bond motifs is 1. The Labute approximate surface area is 214 Å². The molecule has 0 spiro atoms. The number of hydrogen-bond acceptors (Lipinski definition) is 8. The van der Waals surface area contributed by atoms with Gasteiger partial charge in [-0.25, -0.2) is 14.4 Å². The van der Waals surface area contributed by atoms with Crippen molar-refractivity contribution in [3.05, 3.63) is 47.0 Å². The first-order valence-corrected chi connectivity index (χ1v) is 12.3. The Balaban J connectivity index is 1.71. The molecule has 2 aromatic heterocycles. The minimum atomic E-state index is -3.69. The van der Waals surface area contributed by atoms with Gasteiger partial charge in [0.2, 0.25) is 5.88 Å². The van der Waals surface area contributed by atoms with Crippen LogP contribution >= 0.6 is 0 Å². The van der Waals surface area contributed by atoms with Crippen LogP contribution in [0, 0.1) is 12.7 Å². The van der Waals surface area contributed by atoms with Gasteiger partial charge in [-0.15, -0.1) is 0 Å². The second kappa shape index (κ2) is 10.7. The van der Waals surface area contributed by atoms with Crippen molar-refractivity contribution in [2.24, 2.45) is 0 Å². The van der Waals surface area contributed by atoms with E-state index in [9.17, 15) is 8.78 Å². The number of pyridine rings is 1. The number of nitrogens with zero attached hydrogens (tertiary/aromatic N) is 5. The van der Waals surface area contributed by atoms with Crippen LogP contribution < -0.4 is 15.0 Å². The van der Waals surface area contributed by atoms with Crippen LogP contribution in [0.3, 0.4) is 0 Å². The molecular formula is C26H33F3N6O2. The molecule has 0 radical (unpaired) electrons. The molecule has 1 fully saturated rings. The minimum absolute atomic E-state index is 0.0292. The monoisotopic (exact) mass is 518 g/mol. The molecule has 0 aliphatic carbocycles. The molecule has 3 heterocycles. The number of anilines is 2. The Bertz CT molecular complexity index is 1260. The van der Waals surface area contributed by atoms with Crippen LogP contribution in [0.15, 0.2) is 24.3 Å². The highest BCUT2D eigenvalue weighted by Gasteiger charge is 2.35. The lowest BCUT2D eigenvalue weighted by Gasteiger charge is -2.38. The van der Waals surface area contributed by atoms with Gasteiger partial charge in [-0.1, -0.05) is 12.1 Å². The first-order chi connectivity index (χ1) is 17.6. The van der Waals surface area contributed by atoms with Gasteiger partial charge >= 0.3 is 0 Å². The zero-order valence-corrected chi connectivity index (χ0v) is 21.7. The summed E-state index contributed by atoms with van der Waals surface area (Å²) < 4.78 is 48.8. The van der Waals surface area contributed by atoms with Crippen LogP contribution in [0.5, 0.6) is 5.88 Å². The summed E-state index contributed by atoms with van der Waals surface area (Å²) in [6, 6.07) is 5.41. The molecule has 4 rings (SSSR count). The average Bonchev–Trinajstić information content (AvgIpc) is 2.87. The topological polar surface area (TPSA) is 86.6 Å². The van der Waals surface area contributed by atoms with E-state index in [0.29, 0.717) is 34.6 Å². The largest absolute Gasteiger partial charge is 0.479 e. The van der Waals surface area contributed by atoms with Gasteiger partial charge in [-0.05, 0) is 39.8 Å². The maximum atomic E-state index is 15.1. The molecule has 3 aromatic rings. The van der Waals surface area contributed by atoms with Crippen LogP contribution in [0.4, 0.5) is 24.7 Å². The van der Waals surface area contributed by atoms with Crippen LogP contribution in [-0.4, -0.2) is 70.9 Å². The lowest BCUT2D eigenvalue weighted by molar-refractivity contribution is -0.0583. The highest BCUT2D eigenvalue weighted by atomic mass is 19.3. The molecule has 200 valence electrons. The molecule has 0 saturated carbocycles. The third-order valence-corrected chi connectivity index (χ3v) is 6.76. The summed E-state index contributed by atoms with van der Waals surface area (Å²) in [6.45, 7) is 9.64. The van der Waals surface area contributed by atoms with Gasteiger partial charge in [0.25, 0.3) is 5.92 Å². The zero-order valence-electron chi connectivity index (χ0n) is 21.7. The second-order valence-corrected chi connectivity index (χ2v) is 9.56. The fraction of sp³-hybridized carbons (Fsp3) is 0.500. The third-order valence-electron chi connectivity index (χ3n) is 6.76. The molecule has 1 saturated heterocycles. The second-order valence-electron chi connectivity index (χ2n) is 9.56.